The first-order valence-electron chi connectivity index (χ1n) is 10.7. The van der Waals surface area contributed by atoms with Crippen molar-refractivity contribution >= 4 is 17.7 Å². The van der Waals surface area contributed by atoms with E-state index in [2.05, 4.69) is 15.8 Å². The van der Waals surface area contributed by atoms with Crippen LogP contribution in [0.25, 0.3) is 0 Å². The summed E-state index contributed by atoms with van der Waals surface area (Å²) in [6.07, 6.45) is 3.74. The smallest absolute Gasteiger partial charge is 0.223 e. The highest BCUT2D eigenvalue weighted by atomic mass is 16.5. The van der Waals surface area contributed by atoms with Crippen LogP contribution in [0.15, 0.2) is 10.6 Å². The molecule has 0 spiro atoms. The molecule has 2 aliphatic rings. The topological polar surface area (TPSA) is 114 Å². The van der Waals surface area contributed by atoms with Crippen LogP contribution in [0, 0.1) is 18.8 Å². The number of ether oxygens (including phenoxy) is 1. The van der Waals surface area contributed by atoms with E-state index in [1.54, 1.807) is 24.9 Å². The number of hydrogen-bond donors (Lipinski definition) is 2. The van der Waals surface area contributed by atoms with Crippen LogP contribution in [0.4, 0.5) is 0 Å². The summed E-state index contributed by atoms with van der Waals surface area (Å²) in [5, 5.41) is 9.85. The van der Waals surface area contributed by atoms with Crippen LogP contribution in [0.2, 0.25) is 0 Å². The van der Waals surface area contributed by atoms with E-state index in [9.17, 15) is 14.4 Å². The van der Waals surface area contributed by atoms with Gasteiger partial charge in [-0.25, -0.2) is 0 Å². The molecule has 9 heteroatoms. The van der Waals surface area contributed by atoms with Gasteiger partial charge in [0.1, 0.15) is 11.5 Å². The SMILES string of the molecule is Cc1cc(CNC(=O)C2CCCC(NC(=O)C3CCOCC3)CN(C)C(=O)C2)no1. The first-order valence-corrected chi connectivity index (χ1v) is 10.7. The minimum absolute atomic E-state index is 0.0221. The summed E-state index contributed by atoms with van der Waals surface area (Å²) >= 11 is 0. The fourth-order valence-electron chi connectivity index (χ4n) is 4.05. The molecule has 166 valence electrons. The van der Waals surface area contributed by atoms with Gasteiger partial charge < -0.3 is 24.8 Å². The average Bonchev–Trinajstić information content (AvgIpc) is 3.18. The third kappa shape index (κ3) is 6.29. The van der Waals surface area contributed by atoms with E-state index in [1.165, 1.54) is 0 Å². The van der Waals surface area contributed by atoms with Gasteiger partial charge in [0.05, 0.1) is 6.54 Å². The van der Waals surface area contributed by atoms with E-state index in [0.29, 0.717) is 37.6 Å². The third-order valence-corrected chi connectivity index (χ3v) is 5.88. The summed E-state index contributed by atoms with van der Waals surface area (Å²) in [5.74, 6) is 0.0821. The van der Waals surface area contributed by atoms with Crippen LogP contribution in [0.5, 0.6) is 0 Å². The fraction of sp³-hybridized carbons (Fsp3) is 0.714. The molecule has 1 aromatic heterocycles. The van der Waals surface area contributed by atoms with E-state index in [-0.39, 0.29) is 42.6 Å². The second-order valence-electron chi connectivity index (χ2n) is 8.35. The van der Waals surface area contributed by atoms with Crippen molar-refractivity contribution in [2.45, 2.75) is 58.0 Å². The van der Waals surface area contributed by atoms with Crippen LogP contribution in [0.3, 0.4) is 0 Å². The largest absolute Gasteiger partial charge is 0.381 e. The predicted octanol–water partition coefficient (Wildman–Crippen LogP) is 1.16. The molecular formula is C21H32N4O5. The molecule has 0 bridgehead atoms. The first kappa shape index (κ1) is 22.3. The van der Waals surface area contributed by atoms with Crippen molar-refractivity contribution in [3.05, 3.63) is 17.5 Å². The molecule has 2 atom stereocenters. The summed E-state index contributed by atoms with van der Waals surface area (Å²) in [4.78, 5) is 39.5. The van der Waals surface area contributed by atoms with Crippen LogP contribution >= 0.6 is 0 Å². The van der Waals surface area contributed by atoms with Gasteiger partial charge in [0, 0.05) is 57.2 Å². The second-order valence-corrected chi connectivity index (χ2v) is 8.35. The third-order valence-electron chi connectivity index (χ3n) is 5.88. The molecule has 1 aromatic rings. The van der Waals surface area contributed by atoms with Gasteiger partial charge in [-0.15, -0.1) is 0 Å². The van der Waals surface area contributed by atoms with E-state index < -0.39 is 5.92 Å². The zero-order valence-electron chi connectivity index (χ0n) is 17.8. The minimum atomic E-state index is -0.391. The van der Waals surface area contributed by atoms with Crippen molar-refractivity contribution in [3.63, 3.8) is 0 Å². The molecular weight excluding hydrogens is 388 g/mol. The number of nitrogens with zero attached hydrogens (tertiary/aromatic N) is 2. The number of hydrogen-bond acceptors (Lipinski definition) is 6. The van der Waals surface area contributed by atoms with Crippen molar-refractivity contribution in [1.29, 1.82) is 0 Å². The van der Waals surface area contributed by atoms with Crippen LogP contribution < -0.4 is 10.6 Å². The van der Waals surface area contributed by atoms with Crippen molar-refractivity contribution in [2.75, 3.05) is 26.8 Å². The summed E-state index contributed by atoms with van der Waals surface area (Å²) in [5.41, 5.74) is 0.656. The maximum Gasteiger partial charge on any atom is 0.223 e. The lowest BCUT2D eigenvalue weighted by molar-refractivity contribution is -0.136. The normalized spacial score (nSPS) is 23.9. The summed E-state index contributed by atoms with van der Waals surface area (Å²) in [6, 6.07) is 1.67. The van der Waals surface area contributed by atoms with Gasteiger partial charge in [-0.05, 0) is 32.6 Å². The lowest BCUT2D eigenvalue weighted by Gasteiger charge is -2.27. The summed E-state index contributed by atoms with van der Waals surface area (Å²) < 4.78 is 10.3. The van der Waals surface area contributed by atoms with Gasteiger partial charge in [0.2, 0.25) is 17.7 Å². The van der Waals surface area contributed by atoms with Gasteiger partial charge in [0.25, 0.3) is 0 Å². The average molecular weight is 421 g/mol. The highest BCUT2D eigenvalue weighted by Gasteiger charge is 2.29. The molecule has 0 aliphatic carbocycles. The van der Waals surface area contributed by atoms with E-state index >= 15 is 0 Å². The van der Waals surface area contributed by atoms with Crippen LogP contribution in [0.1, 0.15) is 50.0 Å². The van der Waals surface area contributed by atoms with Crippen molar-refractivity contribution in [3.8, 4) is 0 Å². The Balaban J connectivity index is 1.53. The van der Waals surface area contributed by atoms with Crippen molar-refractivity contribution in [2.24, 2.45) is 11.8 Å². The van der Waals surface area contributed by atoms with Crippen LogP contribution in [-0.2, 0) is 25.7 Å². The second kappa shape index (κ2) is 10.6. The quantitative estimate of drug-likeness (QED) is 0.739. The molecule has 3 amide bonds. The highest BCUT2D eigenvalue weighted by Crippen LogP contribution is 2.20. The number of carbonyl (C=O) groups excluding carboxylic acids is 3. The zero-order chi connectivity index (χ0) is 21.5. The summed E-state index contributed by atoms with van der Waals surface area (Å²) in [7, 11) is 1.73. The molecule has 0 saturated carbocycles. The van der Waals surface area contributed by atoms with E-state index in [1.807, 2.05) is 0 Å². The Morgan fingerprint density at radius 3 is 2.63 bits per heavy atom. The van der Waals surface area contributed by atoms with E-state index in [0.717, 1.165) is 25.7 Å². The Kier molecular flexibility index (Phi) is 7.84. The molecule has 9 nitrogen and oxygen atoms in total. The monoisotopic (exact) mass is 420 g/mol. The maximum absolute atomic E-state index is 12.7. The van der Waals surface area contributed by atoms with Crippen molar-refractivity contribution in [1.82, 2.24) is 20.7 Å². The molecule has 30 heavy (non-hydrogen) atoms. The number of aryl methyl sites for hydroxylation is 1. The molecule has 2 saturated heterocycles. The summed E-state index contributed by atoms with van der Waals surface area (Å²) in [6.45, 7) is 3.76. The first-order chi connectivity index (χ1) is 14.4. The molecule has 2 fully saturated rings. The number of carbonyl (C=O) groups is 3. The number of aromatic nitrogens is 1. The standard InChI is InChI=1S/C21H32N4O5/c1-14-10-18(24-30-14)12-22-20(27)16-4-3-5-17(13-25(2)19(26)11-16)23-21(28)15-6-8-29-9-7-15/h10,15-17H,3-9,11-13H2,1-2H3,(H,22,27)(H,23,28). The van der Waals surface area contributed by atoms with Gasteiger partial charge in [-0.1, -0.05) is 11.6 Å². The molecule has 3 rings (SSSR count). The maximum atomic E-state index is 12.7. The Morgan fingerprint density at radius 1 is 1.17 bits per heavy atom. The Labute approximate surface area is 176 Å². The number of nitrogens with one attached hydrogen (secondary N) is 2. The lowest BCUT2D eigenvalue weighted by atomic mass is 9.95. The molecule has 0 aromatic carbocycles. The molecule has 0 radical (unpaired) electrons. The zero-order valence-corrected chi connectivity index (χ0v) is 17.8. The molecule has 2 N–H and O–H groups in total. The molecule has 3 heterocycles. The number of amides is 3. The lowest BCUT2D eigenvalue weighted by Crippen LogP contribution is -2.46. The Morgan fingerprint density at radius 2 is 1.93 bits per heavy atom. The number of likely N-dealkylation sites (N-methyl/N-ethyl adjacent to an activating group) is 1. The highest BCUT2D eigenvalue weighted by molar-refractivity contribution is 5.86. The Hall–Kier alpha value is -2.42. The van der Waals surface area contributed by atoms with Gasteiger partial charge in [-0.2, -0.15) is 0 Å². The van der Waals surface area contributed by atoms with Gasteiger partial charge in [0.15, 0.2) is 0 Å². The van der Waals surface area contributed by atoms with Crippen LogP contribution in [-0.4, -0.2) is 60.6 Å². The molecule has 2 aliphatic heterocycles. The Bertz CT molecular complexity index is 744. The van der Waals surface area contributed by atoms with Gasteiger partial charge >= 0.3 is 0 Å². The minimum Gasteiger partial charge on any atom is -0.381 e. The fourth-order valence-corrected chi connectivity index (χ4v) is 4.05. The molecule has 2 unspecified atom stereocenters. The van der Waals surface area contributed by atoms with Gasteiger partial charge in [-0.3, -0.25) is 14.4 Å². The predicted molar refractivity (Wildman–Crippen MR) is 108 cm³/mol. The van der Waals surface area contributed by atoms with E-state index in [4.69, 9.17) is 9.26 Å². The van der Waals surface area contributed by atoms with Crippen molar-refractivity contribution < 1.29 is 23.6 Å². The number of rotatable bonds is 5.